The fourth-order valence-corrected chi connectivity index (χ4v) is 2.76. The Bertz CT molecular complexity index is 385. The van der Waals surface area contributed by atoms with Gasteiger partial charge in [0.2, 0.25) is 5.95 Å². The summed E-state index contributed by atoms with van der Waals surface area (Å²) in [6, 6.07) is 0.643. The maximum absolute atomic E-state index is 4.68. The molecule has 1 aliphatic carbocycles. The van der Waals surface area contributed by atoms with Crippen molar-refractivity contribution in [1.82, 2.24) is 15.3 Å². The fraction of sp³-hybridized carbons (Fsp3) is 0.714. The molecule has 0 atom stereocenters. The van der Waals surface area contributed by atoms with Gasteiger partial charge in [0, 0.05) is 36.6 Å². The van der Waals surface area contributed by atoms with Gasteiger partial charge in [-0.05, 0) is 33.7 Å². The van der Waals surface area contributed by atoms with Gasteiger partial charge in [0.05, 0.1) is 0 Å². The van der Waals surface area contributed by atoms with Crippen molar-refractivity contribution < 1.29 is 0 Å². The average molecular weight is 248 g/mol. The fourth-order valence-electron chi connectivity index (χ4n) is 2.76. The van der Waals surface area contributed by atoms with E-state index in [1.807, 2.05) is 13.2 Å². The molecule has 1 heterocycles. The van der Waals surface area contributed by atoms with Crippen LogP contribution in [0, 0.1) is 6.92 Å². The highest BCUT2D eigenvalue weighted by Gasteiger charge is 2.23. The zero-order valence-corrected chi connectivity index (χ0v) is 11.7. The van der Waals surface area contributed by atoms with Gasteiger partial charge in [0.25, 0.3) is 0 Å². The molecule has 0 aliphatic heterocycles. The van der Waals surface area contributed by atoms with Crippen molar-refractivity contribution in [3.05, 3.63) is 17.5 Å². The summed E-state index contributed by atoms with van der Waals surface area (Å²) in [5.41, 5.74) is 2.27. The highest BCUT2D eigenvalue weighted by atomic mass is 15.3. The molecule has 18 heavy (non-hydrogen) atoms. The topological polar surface area (TPSA) is 41.1 Å². The van der Waals surface area contributed by atoms with Crippen molar-refractivity contribution in [2.75, 3.05) is 18.5 Å². The Hall–Kier alpha value is -1.16. The highest BCUT2D eigenvalue weighted by molar-refractivity contribution is 5.34. The van der Waals surface area contributed by atoms with Crippen LogP contribution >= 0.6 is 0 Å². The Morgan fingerprint density at radius 2 is 2.11 bits per heavy atom. The van der Waals surface area contributed by atoms with Crippen LogP contribution in [0.5, 0.6) is 0 Å². The largest absolute Gasteiger partial charge is 0.338 e. The maximum atomic E-state index is 4.68. The van der Waals surface area contributed by atoms with Gasteiger partial charge in [0.15, 0.2) is 0 Å². The zero-order valence-electron chi connectivity index (χ0n) is 11.7. The standard InChI is InChI=1S/C14H24N4/c1-4-18(13-7-5-6-8-13)14-16-10-12(9-15-3)11(2)17-14/h10,13,15H,4-9H2,1-3H3. The number of aryl methyl sites for hydroxylation is 1. The SMILES string of the molecule is CCN(c1ncc(CNC)c(C)n1)C1CCCC1. The van der Waals surface area contributed by atoms with Crippen molar-refractivity contribution in [1.29, 1.82) is 0 Å². The summed E-state index contributed by atoms with van der Waals surface area (Å²) in [7, 11) is 1.95. The number of hydrogen-bond donors (Lipinski definition) is 1. The minimum atomic E-state index is 0.643. The number of rotatable bonds is 5. The van der Waals surface area contributed by atoms with Crippen molar-refractivity contribution in [3.8, 4) is 0 Å². The maximum Gasteiger partial charge on any atom is 0.225 e. The van der Waals surface area contributed by atoms with Crippen LogP contribution in [0.15, 0.2) is 6.20 Å². The predicted octanol–water partition coefficient (Wildman–Crippen LogP) is 2.27. The molecular weight excluding hydrogens is 224 g/mol. The Labute approximate surface area is 110 Å². The normalized spacial score (nSPS) is 16.2. The molecular formula is C14H24N4. The van der Waals surface area contributed by atoms with Gasteiger partial charge in [-0.1, -0.05) is 12.8 Å². The summed E-state index contributed by atoms with van der Waals surface area (Å²) < 4.78 is 0. The molecule has 1 aromatic heterocycles. The van der Waals surface area contributed by atoms with Crippen LogP contribution in [0.2, 0.25) is 0 Å². The molecule has 0 spiro atoms. The number of anilines is 1. The predicted molar refractivity (Wildman–Crippen MR) is 74.8 cm³/mol. The molecule has 1 N–H and O–H groups in total. The summed E-state index contributed by atoms with van der Waals surface area (Å²) >= 11 is 0. The third-order valence-electron chi connectivity index (χ3n) is 3.80. The van der Waals surface area contributed by atoms with E-state index in [-0.39, 0.29) is 0 Å². The summed E-state index contributed by atoms with van der Waals surface area (Å²) in [5, 5.41) is 3.15. The molecule has 1 saturated carbocycles. The summed E-state index contributed by atoms with van der Waals surface area (Å²) in [4.78, 5) is 11.6. The van der Waals surface area contributed by atoms with Crippen LogP contribution in [0.25, 0.3) is 0 Å². The van der Waals surface area contributed by atoms with Gasteiger partial charge in [-0.3, -0.25) is 0 Å². The minimum Gasteiger partial charge on any atom is -0.338 e. The molecule has 0 bridgehead atoms. The van der Waals surface area contributed by atoms with Crippen molar-refractivity contribution in [2.24, 2.45) is 0 Å². The molecule has 0 amide bonds. The molecule has 1 aromatic rings. The van der Waals surface area contributed by atoms with Gasteiger partial charge in [-0.2, -0.15) is 0 Å². The highest BCUT2D eigenvalue weighted by Crippen LogP contribution is 2.26. The molecule has 4 nitrogen and oxygen atoms in total. The molecule has 1 aliphatic rings. The zero-order chi connectivity index (χ0) is 13.0. The lowest BCUT2D eigenvalue weighted by Crippen LogP contribution is -2.34. The lowest BCUT2D eigenvalue weighted by molar-refractivity contribution is 0.603. The monoisotopic (exact) mass is 248 g/mol. The lowest BCUT2D eigenvalue weighted by Gasteiger charge is -2.28. The molecule has 0 saturated heterocycles. The summed E-state index contributed by atoms with van der Waals surface area (Å²) in [5.74, 6) is 0.904. The van der Waals surface area contributed by atoms with Crippen LogP contribution in [0.1, 0.15) is 43.9 Å². The van der Waals surface area contributed by atoms with E-state index in [1.165, 1.54) is 31.2 Å². The van der Waals surface area contributed by atoms with Crippen LogP contribution in [-0.2, 0) is 6.54 Å². The minimum absolute atomic E-state index is 0.643. The molecule has 4 heteroatoms. The first-order valence-corrected chi connectivity index (χ1v) is 7.00. The molecule has 1 fully saturated rings. The van der Waals surface area contributed by atoms with Gasteiger partial charge in [-0.15, -0.1) is 0 Å². The third-order valence-corrected chi connectivity index (χ3v) is 3.80. The van der Waals surface area contributed by atoms with E-state index in [0.29, 0.717) is 6.04 Å². The van der Waals surface area contributed by atoms with Crippen molar-refractivity contribution in [2.45, 2.75) is 52.1 Å². The second-order valence-corrected chi connectivity index (χ2v) is 5.04. The van der Waals surface area contributed by atoms with Crippen molar-refractivity contribution in [3.63, 3.8) is 0 Å². The van der Waals surface area contributed by atoms with Gasteiger partial charge >= 0.3 is 0 Å². The van der Waals surface area contributed by atoms with Gasteiger partial charge < -0.3 is 10.2 Å². The first-order valence-electron chi connectivity index (χ1n) is 7.00. The first-order chi connectivity index (χ1) is 8.76. The molecule has 0 radical (unpaired) electrons. The Kier molecular flexibility index (Phi) is 4.53. The summed E-state index contributed by atoms with van der Waals surface area (Å²) in [6.45, 7) is 6.09. The van der Waals surface area contributed by atoms with E-state index in [4.69, 9.17) is 0 Å². The van der Waals surface area contributed by atoms with Gasteiger partial charge in [0.1, 0.15) is 0 Å². The number of nitrogens with zero attached hydrogens (tertiary/aromatic N) is 3. The average Bonchev–Trinajstić information content (AvgIpc) is 2.87. The lowest BCUT2D eigenvalue weighted by atomic mass is 10.2. The second kappa shape index (κ2) is 6.14. The Balaban J connectivity index is 2.17. The van der Waals surface area contributed by atoms with Crippen molar-refractivity contribution >= 4 is 5.95 Å². The number of hydrogen-bond acceptors (Lipinski definition) is 4. The quantitative estimate of drug-likeness (QED) is 0.868. The number of nitrogens with one attached hydrogen (secondary N) is 1. The van der Waals surface area contributed by atoms with Crippen LogP contribution in [0.3, 0.4) is 0 Å². The van der Waals surface area contributed by atoms with E-state index >= 15 is 0 Å². The van der Waals surface area contributed by atoms with E-state index in [1.54, 1.807) is 0 Å². The second-order valence-electron chi connectivity index (χ2n) is 5.04. The van der Waals surface area contributed by atoms with Crippen LogP contribution in [0.4, 0.5) is 5.95 Å². The van der Waals surface area contributed by atoms with E-state index in [2.05, 4.69) is 34.0 Å². The third kappa shape index (κ3) is 2.80. The molecule has 0 aromatic carbocycles. The van der Waals surface area contributed by atoms with E-state index in [0.717, 1.165) is 24.7 Å². The summed E-state index contributed by atoms with van der Waals surface area (Å²) in [6.07, 6.45) is 7.23. The van der Waals surface area contributed by atoms with Crippen LogP contribution in [-0.4, -0.2) is 29.6 Å². The smallest absolute Gasteiger partial charge is 0.225 e. The Morgan fingerprint density at radius 1 is 1.39 bits per heavy atom. The van der Waals surface area contributed by atoms with Crippen LogP contribution < -0.4 is 10.2 Å². The van der Waals surface area contributed by atoms with E-state index < -0.39 is 0 Å². The molecule has 0 unspecified atom stereocenters. The van der Waals surface area contributed by atoms with Gasteiger partial charge in [-0.25, -0.2) is 9.97 Å². The first kappa shape index (κ1) is 13.3. The van der Waals surface area contributed by atoms with E-state index in [9.17, 15) is 0 Å². The number of aromatic nitrogens is 2. The molecule has 100 valence electrons. The molecule has 2 rings (SSSR count). The Morgan fingerprint density at radius 3 is 2.67 bits per heavy atom.